The Hall–Kier alpha value is -2.37. The molecule has 76 valence electrons. The maximum absolute atomic E-state index is 10.5. The number of phenols is 1. The van der Waals surface area contributed by atoms with Gasteiger partial charge in [0.15, 0.2) is 0 Å². The zero-order valence-corrected chi connectivity index (χ0v) is 7.57. The van der Waals surface area contributed by atoms with Crippen LogP contribution in [0.15, 0.2) is 36.9 Å². The number of imidazole rings is 1. The largest absolute Gasteiger partial charge is 0.506 e. The van der Waals surface area contributed by atoms with Crippen LogP contribution in [0.5, 0.6) is 5.75 Å². The van der Waals surface area contributed by atoms with E-state index in [1.807, 2.05) is 0 Å². The van der Waals surface area contributed by atoms with Gasteiger partial charge in [0.05, 0.1) is 16.9 Å². The molecule has 0 saturated carbocycles. The van der Waals surface area contributed by atoms with E-state index < -0.39 is 4.92 Å². The summed E-state index contributed by atoms with van der Waals surface area (Å²) in [5.74, 6) is -0.0291. The number of benzene rings is 1. The van der Waals surface area contributed by atoms with Crippen molar-refractivity contribution in [3.63, 3.8) is 0 Å². The Balaban J connectivity index is 2.55. The first kappa shape index (κ1) is 9.20. The Bertz CT molecular complexity index is 493. The molecule has 0 aliphatic carbocycles. The lowest BCUT2D eigenvalue weighted by molar-refractivity contribution is -0.384. The van der Waals surface area contributed by atoms with E-state index in [-0.39, 0.29) is 11.4 Å². The molecule has 15 heavy (non-hydrogen) atoms. The molecule has 2 aromatic rings. The second-order valence-electron chi connectivity index (χ2n) is 2.90. The van der Waals surface area contributed by atoms with Crippen molar-refractivity contribution in [2.24, 2.45) is 0 Å². The van der Waals surface area contributed by atoms with E-state index in [2.05, 4.69) is 4.98 Å². The van der Waals surface area contributed by atoms with Crippen molar-refractivity contribution >= 4 is 5.69 Å². The molecule has 0 aliphatic heterocycles. The van der Waals surface area contributed by atoms with Crippen LogP contribution in [0.2, 0.25) is 0 Å². The standard InChI is InChI=1S/C9H7N3O3/c13-9-2-1-7(12(14)15)5-8(9)11-4-3-10-6-11/h1-6,13H. The van der Waals surface area contributed by atoms with Crippen molar-refractivity contribution in [3.05, 3.63) is 47.0 Å². The summed E-state index contributed by atoms with van der Waals surface area (Å²) in [5, 5.41) is 20.1. The zero-order valence-electron chi connectivity index (χ0n) is 7.57. The average molecular weight is 205 g/mol. The van der Waals surface area contributed by atoms with Crippen LogP contribution >= 0.6 is 0 Å². The minimum Gasteiger partial charge on any atom is -0.506 e. The Morgan fingerprint density at radius 1 is 1.47 bits per heavy atom. The number of hydrogen-bond acceptors (Lipinski definition) is 4. The molecule has 1 heterocycles. The maximum atomic E-state index is 10.5. The van der Waals surface area contributed by atoms with Gasteiger partial charge < -0.3 is 9.67 Å². The van der Waals surface area contributed by atoms with Gasteiger partial charge in [0, 0.05) is 24.5 Å². The van der Waals surface area contributed by atoms with Crippen LogP contribution in [0.1, 0.15) is 0 Å². The number of phenolic OH excluding ortho intramolecular Hbond substituents is 1. The highest BCUT2D eigenvalue weighted by molar-refractivity contribution is 5.52. The number of aromatic hydroxyl groups is 1. The third kappa shape index (κ3) is 1.64. The van der Waals surface area contributed by atoms with E-state index in [1.165, 1.54) is 35.3 Å². The van der Waals surface area contributed by atoms with E-state index in [0.717, 1.165) is 0 Å². The number of nitro groups is 1. The fourth-order valence-electron chi connectivity index (χ4n) is 1.23. The number of non-ortho nitro benzene ring substituents is 1. The minimum absolute atomic E-state index is 0.0291. The molecular formula is C9H7N3O3. The number of nitro benzene ring substituents is 1. The maximum Gasteiger partial charge on any atom is 0.271 e. The van der Waals surface area contributed by atoms with Gasteiger partial charge in [0.25, 0.3) is 5.69 Å². The van der Waals surface area contributed by atoms with Crippen LogP contribution in [-0.4, -0.2) is 19.6 Å². The summed E-state index contributed by atoms with van der Waals surface area (Å²) in [6, 6.07) is 3.82. The molecule has 0 unspecified atom stereocenters. The second-order valence-corrected chi connectivity index (χ2v) is 2.90. The molecule has 0 bridgehead atoms. The molecular weight excluding hydrogens is 198 g/mol. The molecule has 0 amide bonds. The predicted octanol–water partition coefficient (Wildman–Crippen LogP) is 1.49. The summed E-state index contributed by atoms with van der Waals surface area (Å²) >= 11 is 0. The third-order valence-corrected chi connectivity index (χ3v) is 1.95. The predicted molar refractivity (Wildman–Crippen MR) is 51.9 cm³/mol. The Morgan fingerprint density at radius 3 is 2.87 bits per heavy atom. The quantitative estimate of drug-likeness (QED) is 0.594. The lowest BCUT2D eigenvalue weighted by Crippen LogP contribution is -1.94. The SMILES string of the molecule is O=[N+]([O-])c1ccc(O)c(-n2ccnc2)c1. The molecule has 0 saturated heterocycles. The van der Waals surface area contributed by atoms with E-state index >= 15 is 0 Å². The van der Waals surface area contributed by atoms with Crippen LogP contribution in [0.4, 0.5) is 5.69 Å². The Morgan fingerprint density at radius 2 is 2.27 bits per heavy atom. The van der Waals surface area contributed by atoms with Gasteiger partial charge in [-0.15, -0.1) is 0 Å². The first-order valence-electron chi connectivity index (χ1n) is 4.14. The Labute approximate surface area is 84.6 Å². The lowest BCUT2D eigenvalue weighted by Gasteiger charge is -2.04. The zero-order chi connectivity index (χ0) is 10.8. The van der Waals surface area contributed by atoms with Gasteiger partial charge in [-0.2, -0.15) is 0 Å². The molecule has 0 fully saturated rings. The molecule has 0 radical (unpaired) electrons. The molecule has 6 nitrogen and oxygen atoms in total. The highest BCUT2D eigenvalue weighted by Gasteiger charge is 2.10. The molecule has 0 aliphatic rings. The normalized spacial score (nSPS) is 10.1. The monoisotopic (exact) mass is 205 g/mol. The van der Waals surface area contributed by atoms with Crippen molar-refractivity contribution in [1.29, 1.82) is 0 Å². The summed E-state index contributed by atoms with van der Waals surface area (Å²) in [4.78, 5) is 13.8. The van der Waals surface area contributed by atoms with Gasteiger partial charge in [-0.05, 0) is 6.07 Å². The summed E-state index contributed by atoms with van der Waals surface area (Å²) < 4.78 is 1.50. The first-order valence-corrected chi connectivity index (χ1v) is 4.14. The van der Waals surface area contributed by atoms with Gasteiger partial charge in [0.2, 0.25) is 0 Å². The number of hydrogen-bond donors (Lipinski definition) is 1. The molecule has 0 atom stereocenters. The third-order valence-electron chi connectivity index (χ3n) is 1.95. The number of aromatic nitrogens is 2. The Kier molecular flexibility index (Phi) is 2.09. The fraction of sp³-hybridized carbons (Fsp3) is 0. The highest BCUT2D eigenvalue weighted by atomic mass is 16.6. The van der Waals surface area contributed by atoms with Crippen LogP contribution in [0.3, 0.4) is 0 Å². The van der Waals surface area contributed by atoms with Crippen molar-refractivity contribution in [1.82, 2.24) is 9.55 Å². The van der Waals surface area contributed by atoms with Crippen LogP contribution in [0, 0.1) is 10.1 Å². The summed E-state index contributed by atoms with van der Waals surface area (Å²) in [7, 11) is 0. The second kappa shape index (κ2) is 3.41. The van der Waals surface area contributed by atoms with Crippen molar-refractivity contribution in [2.75, 3.05) is 0 Å². The molecule has 6 heteroatoms. The van der Waals surface area contributed by atoms with Crippen molar-refractivity contribution in [2.45, 2.75) is 0 Å². The summed E-state index contributed by atoms with van der Waals surface area (Å²) in [6.45, 7) is 0. The molecule has 1 N–H and O–H groups in total. The molecule has 1 aromatic carbocycles. The van der Waals surface area contributed by atoms with Gasteiger partial charge in [-0.25, -0.2) is 4.98 Å². The smallest absolute Gasteiger partial charge is 0.271 e. The average Bonchev–Trinajstić information content (AvgIpc) is 2.71. The minimum atomic E-state index is -0.514. The van der Waals surface area contributed by atoms with E-state index in [1.54, 1.807) is 6.20 Å². The van der Waals surface area contributed by atoms with Gasteiger partial charge in [-0.1, -0.05) is 0 Å². The van der Waals surface area contributed by atoms with Gasteiger partial charge in [0.1, 0.15) is 5.75 Å². The molecule has 2 rings (SSSR count). The topological polar surface area (TPSA) is 81.2 Å². The fourth-order valence-corrected chi connectivity index (χ4v) is 1.23. The first-order chi connectivity index (χ1) is 7.18. The van der Waals surface area contributed by atoms with E-state index in [0.29, 0.717) is 5.69 Å². The number of nitrogens with zero attached hydrogens (tertiary/aromatic N) is 3. The van der Waals surface area contributed by atoms with Crippen LogP contribution in [0.25, 0.3) is 5.69 Å². The van der Waals surface area contributed by atoms with Gasteiger partial charge in [-0.3, -0.25) is 10.1 Å². The summed E-state index contributed by atoms with van der Waals surface area (Å²) in [5.41, 5.74) is 0.262. The number of rotatable bonds is 2. The van der Waals surface area contributed by atoms with Crippen LogP contribution in [-0.2, 0) is 0 Å². The molecule has 0 spiro atoms. The molecule has 1 aromatic heterocycles. The van der Waals surface area contributed by atoms with Crippen LogP contribution < -0.4 is 0 Å². The summed E-state index contributed by atoms with van der Waals surface area (Å²) in [6.07, 6.45) is 4.58. The highest BCUT2D eigenvalue weighted by Crippen LogP contribution is 2.25. The van der Waals surface area contributed by atoms with Crippen molar-refractivity contribution < 1.29 is 10.0 Å². The van der Waals surface area contributed by atoms with E-state index in [9.17, 15) is 15.2 Å². The van der Waals surface area contributed by atoms with Crippen molar-refractivity contribution in [3.8, 4) is 11.4 Å². The lowest BCUT2D eigenvalue weighted by atomic mass is 10.2. The van der Waals surface area contributed by atoms with Gasteiger partial charge >= 0.3 is 0 Å². The van der Waals surface area contributed by atoms with E-state index in [4.69, 9.17) is 0 Å².